The number of anilines is 1. The maximum atomic E-state index is 12.8. The Morgan fingerprint density at radius 3 is 2.48 bits per heavy atom. The molecule has 0 saturated carbocycles. The van der Waals surface area contributed by atoms with Crippen molar-refractivity contribution in [3.05, 3.63) is 88.3 Å². The van der Waals surface area contributed by atoms with E-state index in [0.29, 0.717) is 22.9 Å². The Kier molecular flexibility index (Phi) is 6.95. The van der Waals surface area contributed by atoms with Gasteiger partial charge in [-0.1, -0.05) is 29.8 Å². The fourth-order valence-electron chi connectivity index (χ4n) is 3.77. The number of alkyl halides is 3. The van der Waals surface area contributed by atoms with Crippen molar-refractivity contribution in [2.75, 3.05) is 31.1 Å². The highest BCUT2D eigenvalue weighted by Crippen LogP contribution is 2.29. The van der Waals surface area contributed by atoms with E-state index < -0.39 is 17.6 Å². The van der Waals surface area contributed by atoms with Crippen LogP contribution in [0.1, 0.15) is 27.4 Å². The lowest BCUT2D eigenvalue weighted by atomic mass is 10.1. The summed E-state index contributed by atoms with van der Waals surface area (Å²) in [5.74, 6) is 0.328. The van der Waals surface area contributed by atoms with Crippen molar-refractivity contribution < 1.29 is 22.4 Å². The first-order chi connectivity index (χ1) is 15.8. The van der Waals surface area contributed by atoms with Crippen LogP contribution in [0.15, 0.2) is 65.1 Å². The Morgan fingerprint density at radius 2 is 1.76 bits per heavy atom. The average molecular weight is 478 g/mol. The van der Waals surface area contributed by atoms with Crippen LogP contribution in [0.3, 0.4) is 0 Å². The number of benzene rings is 2. The molecule has 1 saturated heterocycles. The van der Waals surface area contributed by atoms with Gasteiger partial charge in [-0.05, 0) is 48.0 Å². The fraction of sp³-hybridized carbons (Fsp3) is 0.292. The summed E-state index contributed by atoms with van der Waals surface area (Å²) in [6.07, 6.45) is -4.42. The highest BCUT2D eigenvalue weighted by atomic mass is 35.5. The molecule has 1 aromatic heterocycles. The van der Waals surface area contributed by atoms with Gasteiger partial charge in [0.05, 0.1) is 12.1 Å². The van der Waals surface area contributed by atoms with Gasteiger partial charge in [0.25, 0.3) is 5.91 Å². The second-order valence-corrected chi connectivity index (χ2v) is 8.33. The number of furan rings is 1. The zero-order valence-electron chi connectivity index (χ0n) is 17.7. The summed E-state index contributed by atoms with van der Waals surface area (Å²) in [5, 5.41) is 3.32. The van der Waals surface area contributed by atoms with Gasteiger partial charge in [0.15, 0.2) is 5.76 Å². The van der Waals surface area contributed by atoms with E-state index in [9.17, 15) is 18.0 Å². The van der Waals surface area contributed by atoms with Gasteiger partial charge in [-0.2, -0.15) is 13.2 Å². The van der Waals surface area contributed by atoms with Crippen LogP contribution in [0.5, 0.6) is 0 Å². The van der Waals surface area contributed by atoms with Gasteiger partial charge in [-0.15, -0.1) is 0 Å². The van der Waals surface area contributed by atoms with E-state index in [4.69, 9.17) is 16.0 Å². The van der Waals surface area contributed by atoms with Crippen molar-refractivity contribution in [3.8, 4) is 0 Å². The van der Waals surface area contributed by atoms with E-state index >= 15 is 0 Å². The molecule has 0 atom stereocenters. The predicted octanol–water partition coefficient (Wildman–Crippen LogP) is 5.20. The number of amides is 1. The normalized spacial score (nSPS) is 15.0. The van der Waals surface area contributed by atoms with E-state index in [2.05, 4.69) is 15.1 Å². The van der Waals surface area contributed by atoms with E-state index in [-0.39, 0.29) is 12.3 Å². The molecule has 1 fully saturated rings. The molecule has 1 aliphatic rings. The summed E-state index contributed by atoms with van der Waals surface area (Å²) in [6.45, 7) is 3.93. The Morgan fingerprint density at radius 1 is 1.00 bits per heavy atom. The van der Waals surface area contributed by atoms with Crippen LogP contribution in [0, 0.1) is 0 Å². The number of nitrogens with one attached hydrogen (secondary N) is 1. The molecule has 0 spiro atoms. The molecule has 174 valence electrons. The first-order valence-corrected chi connectivity index (χ1v) is 10.9. The predicted molar refractivity (Wildman–Crippen MR) is 120 cm³/mol. The minimum Gasteiger partial charge on any atom is -0.455 e. The molecule has 1 aliphatic heterocycles. The highest BCUT2D eigenvalue weighted by Gasteiger charge is 2.30. The molecule has 2 aromatic carbocycles. The van der Waals surface area contributed by atoms with Gasteiger partial charge in [0.1, 0.15) is 5.76 Å². The molecule has 1 N–H and O–H groups in total. The number of carbonyl (C=O) groups excluding carboxylic acids is 1. The second-order valence-electron chi connectivity index (χ2n) is 7.89. The lowest BCUT2D eigenvalue weighted by Gasteiger charge is -2.35. The molecule has 4 rings (SSSR count). The van der Waals surface area contributed by atoms with Crippen molar-refractivity contribution in [3.63, 3.8) is 0 Å². The van der Waals surface area contributed by atoms with Crippen molar-refractivity contribution in [1.82, 2.24) is 10.2 Å². The summed E-state index contributed by atoms with van der Waals surface area (Å²) < 4.78 is 44.2. The summed E-state index contributed by atoms with van der Waals surface area (Å²) >= 11 is 6.08. The van der Waals surface area contributed by atoms with Crippen molar-refractivity contribution in [2.24, 2.45) is 0 Å². The Balaban J connectivity index is 1.27. The van der Waals surface area contributed by atoms with E-state index in [1.54, 1.807) is 12.1 Å². The molecule has 9 heteroatoms. The summed E-state index contributed by atoms with van der Waals surface area (Å²) in [6, 6.07) is 16.0. The molecule has 5 nitrogen and oxygen atoms in total. The minimum absolute atomic E-state index is 0.0236. The molecule has 2 heterocycles. The number of hydrogen-bond donors (Lipinski definition) is 1. The number of nitrogens with zero attached hydrogens (tertiary/aromatic N) is 2. The molecule has 3 aromatic rings. The van der Waals surface area contributed by atoms with Crippen LogP contribution in [-0.2, 0) is 19.3 Å². The Labute approximate surface area is 194 Å². The second kappa shape index (κ2) is 9.89. The number of halogens is 4. The molecular weight excluding hydrogens is 455 g/mol. The number of rotatable bonds is 6. The Hall–Kier alpha value is -2.97. The van der Waals surface area contributed by atoms with Gasteiger partial charge in [0.2, 0.25) is 0 Å². The van der Waals surface area contributed by atoms with Crippen LogP contribution in [0.25, 0.3) is 0 Å². The minimum atomic E-state index is -4.42. The van der Waals surface area contributed by atoms with Gasteiger partial charge in [0, 0.05) is 43.4 Å². The monoisotopic (exact) mass is 477 g/mol. The lowest BCUT2D eigenvalue weighted by molar-refractivity contribution is -0.137. The van der Waals surface area contributed by atoms with Crippen molar-refractivity contribution in [2.45, 2.75) is 19.3 Å². The maximum Gasteiger partial charge on any atom is 0.416 e. The first-order valence-electron chi connectivity index (χ1n) is 10.5. The van der Waals surface area contributed by atoms with Crippen molar-refractivity contribution in [1.29, 1.82) is 0 Å². The highest BCUT2D eigenvalue weighted by molar-refractivity contribution is 6.30. The van der Waals surface area contributed by atoms with Gasteiger partial charge in [-0.3, -0.25) is 9.69 Å². The van der Waals surface area contributed by atoms with Crippen LogP contribution < -0.4 is 10.2 Å². The van der Waals surface area contributed by atoms with E-state index in [1.807, 2.05) is 24.3 Å². The smallest absolute Gasteiger partial charge is 0.416 e. The first kappa shape index (κ1) is 23.2. The summed E-state index contributed by atoms with van der Waals surface area (Å²) in [5.41, 5.74) is 0.715. The van der Waals surface area contributed by atoms with Crippen LogP contribution in [-0.4, -0.2) is 37.0 Å². The SMILES string of the molecule is O=C(NCc1cccc(C(F)(F)F)c1)c1ccc(CN2CCN(c3cccc(Cl)c3)CC2)o1. The molecule has 1 amide bonds. The van der Waals surface area contributed by atoms with Crippen LogP contribution in [0.2, 0.25) is 5.02 Å². The quantitative estimate of drug-likeness (QED) is 0.530. The third-order valence-corrected chi connectivity index (χ3v) is 5.75. The van der Waals surface area contributed by atoms with E-state index in [1.165, 1.54) is 12.1 Å². The topological polar surface area (TPSA) is 48.7 Å². The molecular formula is C24H23ClF3N3O2. The third-order valence-electron chi connectivity index (χ3n) is 5.52. The van der Waals surface area contributed by atoms with Gasteiger partial charge >= 0.3 is 6.18 Å². The maximum absolute atomic E-state index is 12.8. The zero-order valence-corrected chi connectivity index (χ0v) is 18.5. The van der Waals surface area contributed by atoms with Gasteiger partial charge in [-0.25, -0.2) is 0 Å². The Bertz CT molecular complexity index is 1110. The lowest BCUT2D eigenvalue weighted by Crippen LogP contribution is -2.45. The molecule has 0 radical (unpaired) electrons. The summed E-state index contributed by atoms with van der Waals surface area (Å²) in [4.78, 5) is 16.9. The zero-order chi connectivity index (χ0) is 23.4. The third kappa shape index (κ3) is 6.09. The number of piperazine rings is 1. The largest absolute Gasteiger partial charge is 0.455 e. The number of carbonyl (C=O) groups is 1. The molecule has 0 aliphatic carbocycles. The number of hydrogen-bond acceptors (Lipinski definition) is 4. The van der Waals surface area contributed by atoms with Crippen LogP contribution >= 0.6 is 11.6 Å². The van der Waals surface area contributed by atoms with E-state index in [0.717, 1.165) is 44.0 Å². The standard InChI is InChI=1S/C24H23ClF3N3O2/c25-19-5-2-6-20(14-19)31-11-9-30(10-12-31)16-21-7-8-22(33-21)23(32)29-15-17-3-1-4-18(13-17)24(26,27)28/h1-8,13-14H,9-12,15-16H2,(H,29,32). The molecule has 0 bridgehead atoms. The molecule has 0 unspecified atom stereocenters. The van der Waals surface area contributed by atoms with Crippen molar-refractivity contribution >= 4 is 23.2 Å². The average Bonchev–Trinajstić information content (AvgIpc) is 3.26. The van der Waals surface area contributed by atoms with Gasteiger partial charge < -0.3 is 14.6 Å². The fourth-order valence-corrected chi connectivity index (χ4v) is 3.95. The summed E-state index contributed by atoms with van der Waals surface area (Å²) in [7, 11) is 0. The van der Waals surface area contributed by atoms with Crippen LogP contribution in [0.4, 0.5) is 18.9 Å². The molecule has 33 heavy (non-hydrogen) atoms.